The lowest BCUT2D eigenvalue weighted by molar-refractivity contribution is -0.174. The van der Waals surface area contributed by atoms with E-state index in [0.29, 0.717) is 13.0 Å². The van der Waals surface area contributed by atoms with E-state index in [9.17, 15) is 13.2 Å². The van der Waals surface area contributed by atoms with E-state index in [4.69, 9.17) is 5.73 Å². The molecule has 1 unspecified atom stereocenters. The molecule has 1 aromatic heterocycles. The van der Waals surface area contributed by atoms with Crippen LogP contribution >= 0.6 is 0 Å². The molecule has 0 saturated heterocycles. The molecule has 1 heterocycles. The molecule has 2 N–H and O–H groups in total. The van der Waals surface area contributed by atoms with Crippen LogP contribution in [-0.2, 0) is 11.3 Å². The number of aromatic nitrogens is 2. The van der Waals surface area contributed by atoms with E-state index in [1.54, 1.807) is 4.68 Å². The van der Waals surface area contributed by atoms with E-state index in [0.717, 1.165) is 23.4 Å². The van der Waals surface area contributed by atoms with Crippen LogP contribution in [-0.4, -0.2) is 29.2 Å². The minimum Gasteiger partial charge on any atom is -0.372 e. The van der Waals surface area contributed by atoms with Gasteiger partial charge in [0.2, 0.25) is 0 Å². The van der Waals surface area contributed by atoms with Crippen molar-refractivity contribution >= 4 is 0 Å². The predicted molar refractivity (Wildman–Crippen MR) is 70.4 cm³/mol. The summed E-state index contributed by atoms with van der Waals surface area (Å²) in [5.74, 6) is 0. The summed E-state index contributed by atoms with van der Waals surface area (Å²) in [7, 11) is 0. The van der Waals surface area contributed by atoms with Crippen molar-refractivity contribution in [2.45, 2.75) is 52.4 Å². The first-order valence-corrected chi connectivity index (χ1v) is 6.70. The molecular weight excluding hydrogens is 271 g/mol. The highest BCUT2D eigenvalue weighted by Crippen LogP contribution is 2.22. The quantitative estimate of drug-likeness (QED) is 0.786. The molecule has 0 spiro atoms. The van der Waals surface area contributed by atoms with Crippen molar-refractivity contribution in [3.8, 4) is 0 Å². The van der Waals surface area contributed by atoms with E-state index in [-0.39, 0.29) is 12.6 Å². The number of alkyl halides is 3. The summed E-state index contributed by atoms with van der Waals surface area (Å²) in [5.41, 5.74) is 8.92. The van der Waals surface area contributed by atoms with Crippen LogP contribution in [0.25, 0.3) is 0 Å². The first-order valence-electron chi connectivity index (χ1n) is 6.70. The number of halogens is 3. The van der Waals surface area contributed by atoms with E-state index >= 15 is 0 Å². The third-order valence-corrected chi connectivity index (χ3v) is 3.17. The summed E-state index contributed by atoms with van der Waals surface area (Å²) in [6.45, 7) is 5.23. The number of aryl methyl sites for hydroxylation is 2. The topological polar surface area (TPSA) is 53.1 Å². The summed E-state index contributed by atoms with van der Waals surface area (Å²) in [5, 5.41) is 4.38. The lowest BCUT2D eigenvalue weighted by atomic mass is 10.0. The predicted octanol–water partition coefficient (Wildman–Crippen LogP) is 2.88. The molecule has 7 heteroatoms. The maximum absolute atomic E-state index is 11.9. The van der Waals surface area contributed by atoms with E-state index in [2.05, 4.69) is 9.84 Å². The van der Waals surface area contributed by atoms with Crippen LogP contribution in [0.1, 0.15) is 42.8 Å². The zero-order valence-electron chi connectivity index (χ0n) is 12.1. The Bertz CT molecular complexity index is 429. The van der Waals surface area contributed by atoms with Crippen LogP contribution in [0.15, 0.2) is 0 Å². The Morgan fingerprint density at radius 1 is 1.35 bits per heavy atom. The lowest BCUT2D eigenvalue weighted by Gasteiger charge is -2.10. The Kier molecular flexibility index (Phi) is 6.01. The van der Waals surface area contributed by atoms with Crippen LogP contribution in [0.4, 0.5) is 13.2 Å². The van der Waals surface area contributed by atoms with Crippen molar-refractivity contribution in [3.63, 3.8) is 0 Å². The average molecular weight is 293 g/mol. The van der Waals surface area contributed by atoms with Gasteiger partial charge >= 0.3 is 6.18 Å². The molecule has 20 heavy (non-hydrogen) atoms. The van der Waals surface area contributed by atoms with Crippen LogP contribution in [0.5, 0.6) is 0 Å². The largest absolute Gasteiger partial charge is 0.411 e. The van der Waals surface area contributed by atoms with Crippen molar-refractivity contribution in [1.82, 2.24) is 9.78 Å². The standard InChI is InChI=1S/C13H22F3N3O/c1-4-11(17)12-9(2)18-19(10(12)3)6-5-7-20-8-13(14,15)16/h11H,4-8,17H2,1-3H3. The van der Waals surface area contributed by atoms with Crippen molar-refractivity contribution in [2.24, 2.45) is 5.73 Å². The lowest BCUT2D eigenvalue weighted by Crippen LogP contribution is -2.18. The Hall–Kier alpha value is -1.08. The fourth-order valence-electron chi connectivity index (χ4n) is 2.17. The van der Waals surface area contributed by atoms with E-state index in [1.165, 1.54) is 0 Å². The van der Waals surface area contributed by atoms with Gasteiger partial charge in [0.1, 0.15) is 6.61 Å². The summed E-state index contributed by atoms with van der Waals surface area (Å²) >= 11 is 0. The Morgan fingerprint density at radius 2 is 2.00 bits per heavy atom. The van der Waals surface area contributed by atoms with Crippen molar-refractivity contribution in [3.05, 3.63) is 17.0 Å². The molecule has 0 radical (unpaired) electrons. The Balaban J connectivity index is 2.49. The SMILES string of the molecule is CCC(N)c1c(C)nn(CCCOCC(F)(F)F)c1C. The molecule has 0 amide bonds. The minimum atomic E-state index is -4.26. The van der Waals surface area contributed by atoms with Gasteiger partial charge in [0.15, 0.2) is 0 Å². The maximum Gasteiger partial charge on any atom is 0.411 e. The molecule has 0 saturated carbocycles. The number of rotatable bonds is 7. The van der Waals surface area contributed by atoms with Crippen molar-refractivity contribution in [2.75, 3.05) is 13.2 Å². The molecule has 1 aromatic rings. The van der Waals surface area contributed by atoms with Gasteiger partial charge in [-0.25, -0.2) is 0 Å². The molecule has 1 atom stereocenters. The van der Waals surface area contributed by atoms with Gasteiger partial charge in [-0.1, -0.05) is 6.92 Å². The van der Waals surface area contributed by atoms with Gasteiger partial charge in [-0.3, -0.25) is 4.68 Å². The molecular formula is C13H22F3N3O. The number of nitrogens with zero attached hydrogens (tertiary/aromatic N) is 2. The third kappa shape index (κ3) is 4.79. The van der Waals surface area contributed by atoms with Gasteiger partial charge in [0.05, 0.1) is 5.69 Å². The molecule has 0 aliphatic heterocycles. The first kappa shape index (κ1) is 17.0. The van der Waals surface area contributed by atoms with Crippen LogP contribution in [0.2, 0.25) is 0 Å². The van der Waals surface area contributed by atoms with Crippen LogP contribution in [0.3, 0.4) is 0 Å². The van der Waals surface area contributed by atoms with E-state index in [1.807, 2.05) is 20.8 Å². The zero-order chi connectivity index (χ0) is 15.3. The summed E-state index contributed by atoms with van der Waals surface area (Å²) in [4.78, 5) is 0. The molecule has 0 aromatic carbocycles. The summed E-state index contributed by atoms with van der Waals surface area (Å²) < 4.78 is 42.1. The highest BCUT2D eigenvalue weighted by atomic mass is 19.4. The van der Waals surface area contributed by atoms with Gasteiger partial charge in [0.25, 0.3) is 0 Å². The third-order valence-electron chi connectivity index (χ3n) is 3.17. The first-order chi connectivity index (χ1) is 9.26. The minimum absolute atomic E-state index is 0.0507. The number of hydrogen-bond donors (Lipinski definition) is 1. The van der Waals surface area contributed by atoms with Gasteiger partial charge in [-0.2, -0.15) is 18.3 Å². The van der Waals surface area contributed by atoms with Gasteiger partial charge in [-0.15, -0.1) is 0 Å². The summed E-state index contributed by atoms with van der Waals surface area (Å²) in [6.07, 6.45) is -2.96. The van der Waals surface area contributed by atoms with Gasteiger partial charge in [-0.05, 0) is 26.7 Å². The fraction of sp³-hybridized carbons (Fsp3) is 0.769. The highest BCUT2D eigenvalue weighted by molar-refractivity contribution is 5.27. The second kappa shape index (κ2) is 7.08. The molecule has 1 rings (SSSR count). The number of hydrogen-bond acceptors (Lipinski definition) is 3. The highest BCUT2D eigenvalue weighted by Gasteiger charge is 2.27. The maximum atomic E-state index is 11.9. The zero-order valence-corrected chi connectivity index (χ0v) is 12.1. The Morgan fingerprint density at radius 3 is 2.55 bits per heavy atom. The van der Waals surface area contributed by atoms with Gasteiger partial charge < -0.3 is 10.5 Å². The molecule has 0 fully saturated rings. The average Bonchev–Trinajstić information content (AvgIpc) is 2.62. The second-order valence-corrected chi connectivity index (χ2v) is 4.84. The van der Waals surface area contributed by atoms with Crippen LogP contribution in [0, 0.1) is 13.8 Å². The second-order valence-electron chi connectivity index (χ2n) is 4.84. The molecule has 0 bridgehead atoms. The van der Waals surface area contributed by atoms with Gasteiger partial charge in [0, 0.05) is 30.5 Å². The normalized spacial score (nSPS) is 13.8. The van der Waals surface area contributed by atoms with E-state index < -0.39 is 12.8 Å². The van der Waals surface area contributed by atoms with Crippen LogP contribution < -0.4 is 5.73 Å². The molecule has 4 nitrogen and oxygen atoms in total. The molecule has 116 valence electrons. The fourth-order valence-corrected chi connectivity index (χ4v) is 2.17. The number of nitrogens with two attached hydrogens (primary N) is 1. The monoisotopic (exact) mass is 293 g/mol. The summed E-state index contributed by atoms with van der Waals surface area (Å²) in [6, 6.07) is -0.0507. The smallest absolute Gasteiger partial charge is 0.372 e. The van der Waals surface area contributed by atoms with Crippen molar-refractivity contribution in [1.29, 1.82) is 0 Å². The Labute approximate surface area is 117 Å². The molecule has 0 aliphatic rings. The van der Waals surface area contributed by atoms with Crippen molar-refractivity contribution < 1.29 is 17.9 Å². The molecule has 0 aliphatic carbocycles. The number of ether oxygens (including phenoxy) is 1.